The van der Waals surface area contributed by atoms with Gasteiger partial charge in [-0.1, -0.05) is 19.8 Å². The Morgan fingerprint density at radius 1 is 1.69 bits per heavy atom. The third-order valence-corrected chi connectivity index (χ3v) is 3.96. The zero-order valence-electron chi connectivity index (χ0n) is 9.33. The largest absolute Gasteiger partial charge is 0.350 e. The summed E-state index contributed by atoms with van der Waals surface area (Å²) in [6.07, 6.45) is 2.83. The predicted molar refractivity (Wildman–Crippen MR) is 71.4 cm³/mol. The van der Waals surface area contributed by atoms with Gasteiger partial charge in [0.05, 0.1) is 12.6 Å². The summed E-state index contributed by atoms with van der Waals surface area (Å²) in [4.78, 5) is 12.7. The molecule has 0 saturated heterocycles. The molecule has 16 heavy (non-hydrogen) atoms. The summed E-state index contributed by atoms with van der Waals surface area (Å²) >= 11 is 4.99. The first-order valence-electron chi connectivity index (χ1n) is 5.39. The molecule has 1 rings (SSSR count). The van der Waals surface area contributed by atoms with Crippen molar-refractivity contribution in [2.24, 2.45) is 5.73 Å². The highest BCUT2D eigenvalue weighted by atomic mass is 79.9. The topological polar surface area (TPSA) is 55.1 Å². The SMILES string of the molecule is CCCC[C@H](N)C(=O)NCc1cc(Br)cs1. The number of nitrogens with one attached hydrogen (secondary N) is 1. The van der Waals surface area contributed by atoms with E-state index in [1.807, 2.05) is 11.4 Å². The smallest absolute Gasteiger partial charge is 0.237 e. The normalized spacial score (nSPS) is 12.4. The van der Waals surface area contributed by atoms with E-state index < -0.39 is 0 Å². The summed E-state index contributed by atoms with van der Waals surface area (Å²) in [5.41, 5.74) is 5.75. The third-order valence-electron chi connectivity index (χ3n) is 2.26. The minimum absolute atomic E-state index is 0.0574. The summed E-state index contributed by atoms with van der Waals surface area (Å²) in [6.45, 7) is 2.66. The average Bonchev–Trinajstić information content (AvgIpc) is 2.68. The van der Waals surface area contributed by atoms with E-state index >= 15 is 0 Å². The van der Waals surface area contributed by atoms with Crippen LogP contribution in [0.25, 0.3) is 0 Å². The molecule has 1 heterocycles. The van der Waals surface area contributed by atoms with Crippen LogP contribution in [-0.2, 0) is 11.3 Å². The second kappa shape index (κ2) is 7.04. The lowest BCUT2D eigenvalue weighted by molar-refractivity contribution is -0.122. The van der Waals surface area contributed by atoms with Gasteiger partial charge in [0.15, 0.2) is 0 Å². The van der Waals surface area contributed by atoms with Crippen molar-refractivity contribution in [1.82, 2.24) is 5.32 Å². The number of hydrogen-bond donors (Lipinski definition) is 2. The van der Waals surface area contributed by atoms with E-state index in [0.717, 1.165) is 28.6 Å². The van der Waals surface area contributed by atoms with Gasteiger partial charge in [0.2, 0.25) is 5.91 Å². The van der Waals surface area contributed by atoms with Crippen LogP contribution in [0.4, 0.5) is 0 Å². The molecule has 0 aromatic carbocycles. The fourth-order valence-electron chi connectivity index (χ4n) is 1.31. The molecule has 0 fully saturated rings. The third kappa shape index (κ3) is 4.63. The molecule has 0 radical (unpaired) electrons. The molecule has 5 heteroatoms. The van der Waals surface area contributed by atoms with Crippen LogP contribution in [-0.4, -0.2) is 11.9 Å². The molecule has 0 bridgehead atoms. The molecular weight excluding hydrogens is 288 g/mol. The lowest BCUT2D eigenvalue weighted by Crippen LogP contribution is -2.39. The van der Waals surface area contributed by atoms with Crippen molar-refractivity contribution in [3.8, 4) is 0 Å². The Bertz CT molecular complexity index is 340. The lowest BCUT2D eigenvalue weighted by atomic mass is 10.1. The van der Waals surface area contributed by atoms with Crippen molar-refractivity contribution < 1.29 is 4.79 Å². The average molecular weight is 305 g/mol. The maximum Gasteiger partial charge on any atom is 0.237 e. The zero-order chi connectivity index (χ0) is 12.0. The minimum Gasteiger partial charge on any atom is -0.350 e. The number of hydrogen-bond acceptors (Lipinski definition) is 3. The van der Waals surface area contributed by atoms with Gasteiger partial charge >= 0.3 is 0 Å². The zero-order valence-corrected chi connectivity index (χ0v) is 11.7. The van der Waals surface area contributed by atoms with Crippen molar-refractivity contribution in [3.05, 3.63) is 20.8 Å². The van der Waals surface area contributed by atoms with Crippen molar-refractivity contribution in [2.75, 3.05) is 0 Å². The molecule has 0 saturated carbocycles. The first kappa shape index (κ1) is 13.7. The van der Waals surface area contributed by atoms with E-state index in [-0.39, 0.29) is 11.9 Å². The Labute approximate surface area is 109 Å². The second-order valence-corrected chi connectivity index (χ2v) is 5.61. The van der Waals surface area contributed by atoms with Gasteiger partial charge in [-0.25, -0.2) is 0 Å². The van der Waals surface area contributed by atoms with E-state index in [1.165, 1.54) is 0 Å². The highest BCUT2D eigenvalue weighted by Gasteiger charge is 2.12. The van der Waals surface area contributed by atoms with Gasteiger partial charge in [-0.05, 0) is 28.4 Å². The van der Waals surface area contributed by atoms with Crippen molar-refractivity contribution in [1.29, 1.82) is 0 Å². The van der Waals surface area contributed by atoms with Gasteiger partial charge in [0.1, 0.15) is 0 Å². The van der Waals surface area contributed by atoms with Gasteiger partial charge in [-0.3, -0.25) is 4.79 Å². The van der Waals surface area contributed by atoms with Gasteiger partial charge in [0.25, 0.3) is 0 Å². The van der Waals surface area contributed by atoms with E-state index in [2.05, 4.69) is 28.2 Å². The van der Waals surface area contributed by atoms with Gasteiger partial charge in [-0.15, -0.1) is 11.3 Å². The van der Waals surface area contributed by atoms with Crippen molar-refractivity contribution in [3.63, 3.8) is 0 Å². The molecule has 1 amide bonds. The van der Waals surface area contributed by atoms with Crippen LogP contribution in [0.5, 0.6) is 0 Å². The van der Waals surface area contributed by atoms with Gasteiger partial charge in [-0.2, -0.15) is 0 Å². The molecule has 1 aromatic rings. The first-order valence-corrected chi connectivity index (χ1v) is 7.07. The quantitative estimate of drug-likeness (QED) is 0.849. The van der Waals surface area contributed by atoms with Crippen LogP contribution >= 0.6 is 27.3 Å². The highest BCUT2D eigenvalue weighted by Crippen LogP contribution is 2.19. The molecule has 3 nitrogen and oxygen atoms in total. The summed E-state index contributed by atoms with van der Waals surface area (Å²) in [5.74, 6) is -0.0574. The Hall–Kier alpha value is -0.390. The summed E-state index contributed by atoms with van der Waals surface area (Å²) in [6, 6.07) is 1.63. The van der Waals surface area contributed by atoms with Crippen LogP contribution in [0.2, 0.25) is 0 Å². The Balaban J connectivity index is 2.29. The Kier molecular flexibility index (Phi) is 6.01. The van der Waals surface area contributed by atoms with Crippen LogP contribution < -0.4 is 11.1 Å². The minimum atomic E-state index is -0.372. The van der Waals surface area contributed by atoms with E-state index in [1.54, 1.807) is 11.3 Å². The van der Waals surface area contributed by atoms with E-state index in [0.29, 0.717) is 6.54 Å². The van der Waals surface area contributed by atoms with Crippen LogP contribution in [0.3, 0.4) is 0 Å². The highest BCUT2D eigenvalue weighted by molar-refractivity contribution is 9.10. The van der Waals surface area contributed by atoms with Gasteiger partial charge < -0.3 is 11.1 Å². The summed E-state index contributed by atoms with van der Waals surface area (Å²) in [7, 11) is 0. The number of unbranched alkanes of at least 4 members (excludes halogenated alkanes) is 1. The van der Waals surface area contributed by atoms with E-state index in [9.17, 15) is 4.79 Å². The number of carbonyl (C=O) groups excluding carboxylic acids is 1. The molecule has 0 aliphatic heterocycles. The number of rotatable bonds is 6. The number of thiophene rings is 1. The molecule has 0 aliphatic carbocycles. The molecule has 3 N–H and O–H groups in total. The van der Waals surface area contributed by atoms with E-state index in [4.69, 9.17) is 5.73 Å². The summed E-state index contributed by atoms with van der Waals surface area (Å²) < 4.78 is 1.05. The molecule has 0 spiro atoms. The molecule has 0 unspecified atom stereocenters. The molecular formula is C11H17BrN2OS. The number of nitrogens with two attached hydrogens (primary N) is 1. The Morgan fingerprint density at radius 2 is 2.44 bits per heavy atom. The molecule has 1 aromatic heterocycles. The standard InChI is InChI=1S/C11H17BrN2OS/c1-2-3-4-10(13)11(15)14-6-9-5-8(12)7-16-9/h5,7,10H,2-4,6,13H2,1H3,(H,14,15)/t10-/m0/s1. The second-order valence-electron chi connectivity index (χ2n) is 3.70. The Morgan fingerprint density at radius 3 is 3.00 bits per heavy atom. The van der Waals surface area contributed by atoms with Crippen LogP contribution in [0.15, 0.2) is 15.9 Å². The predicted octanol–water partition coefficient (Wildman–Crippen LogP) is 2.64. The maximum absolute atomic E-state index is 11.6. The van der Waals surface area contributed by atoms with Crippen LogP contribution in [0.1, 0.15) is 31.1 Å². The lowest BCUT2D eigenvalue weighted by Gasteiger charge is -2.10. The molecule has 90 valence electrons. The number of halogens is 1. The summed E-state index contributed by atoms with van der Waals surface area (Å²) in [5, 5.41) is 4.85. The van der Waals surface area contributed by atoms with Gasteiger partial charge in [0, 0.05) is 14.7 Å². The number of amides is 1. The molecule has 1 atom stereocenters. The monoisotopic (exact) mass is 304 g/mol. The first-order chi connectivity index (χ1) is 7.63. The number of carbonyl (C=O) groups is 1. The van der Waals surface area contributed by atoms with Crippen molar-refractivity contribution >= 4 is 33.2 Å². The fraction of sp³-hybridized carbons (Fsp3) is 0.545. The maximum atomic E-state index is 11.6. The van der Waals surface area contributed by atoms with Crippen molar-refractivity contribution in [2.45, 2.75) is 38.8 Å². The molecule has 0 aliphatic rings. The fourth-order valence-corrected chi connectivity index (χ4v) is 2.70. The van der Waals surface area contributed by atoms with Crippen LogP contribution in [0, 0.1) is 0 Å².